The largest absolute Gasteiger partial charge is 0.507 e. The van der Waals surface area contributed by atoms with Crippen LogP contribution in [0.25, 0.3) is 0 Å². The molecule has 0 saturated carbocycles. The first kappa shape index (κ1) is 18.7. The van der Waals surface area contributed by atoms with E-state index in [2.05, 4.69) is 20.8 Å². The second-order valence-electron chi connectivity index (χ2n) is 6.09. The molecule has 27 heavy (non-hydrogen) atoms. The number of carbonyl (C=O) groups excluding carboxylic acids is 2. The van der Waals surface area contributed by atoms with Crippen molar-refractivity contribution in [2.75, 3.05) is 13.6 Å². The van der Waals surface area contributed by atoms with Crippen molar-refractivity contribution in [3.05, 3.63) is 40.9 Å². The van der Waals surface area contributed by atoms with Gasteiger partial charge in [0, 0.05) is 24.2 Å². The second-order valence-corrected chi connectivity index (χ2v) is 6.68. The average molecular weight is 391 g/mol. The molecule has 3 rings (SSSR count). The van der Waals surface area contributed by atoms with Gasteiger partial charge in [-0.05, 0) is 19.1 Å². The van der Waals surface area contributed by atoms with Gasteiger partial charge < -0.3 is 14.9 Å². The number of halogens is 1. The number of hydrogen-bond acceptors (Lipinski definition) is 7. The summed E-state index contributed by atoms with van der Waals surface area (Å²) >= 11 is 5.92. The van der Waals surface area contributed by atoms with Crippen molar-refractivity contribution >= 4 is 35.7 Å². The molecular formula is C17H19ClN6O3. The number of likely N-dealkylation sites (N-methyl/N-ethyl adjacent to an activating group) is 1. The Hall–Kier alpha value is -3.07. The van der Waals surface area contributed by atoms with Crippen molar-refractivity contribution in [3.8, 4) is 5.75 Å². The molecule has 9 nitrogen and oxygen atoms in total. The van der Waals surface area contributed by atoms with Crippen LogP contribution in [0.15, 0.2) is 45.5 Å². The van der Waals surface area contributed by atoms with E-state index in [0.29, 0.717) is 23.1 Å². The molecule has 1 aromatic rings. The minimum Gasteiger partial charge on any atom is -0.507 e. The van der Waals surface area contributed by atoms with Crippen LogP contribution >= 0.6 is 11.6 Å². The van der Waals surface area contributed by atoms with Crippen LogP contribution in [-0.2, 0) is 4.79 Å². The van der Waals surface area contributed by atoms with Crippen molar-refractivity contribution in [1.82, 2.24) is 20.5 Å². The van der Waals surface area contributed by atoms with Crippen LogP contribution in [0.4, 0.5) is 4.79 Å². The molecular weight excluding hydrogens is 372 g/mol. The number of urea groups is 1. The van der Waals surface area contributed by atoms with Gasteiger partial charge in [-0.3, -0.25) is 10.1 Å². The Morgan fingerprint density at radius 3 is 2.89 bits per heavy atom. The number of carbonyl (C=O) groups is 2. The van der Waals surface area contributed by atoms with Gasteiger partial charge in [-0.1, -0.05) is 29.8 Å². The fraction of sp³-hybridized carbons (Fsp3) is 0.294. The Morgan fingerprint density at radius 1 is 1.44 bits per heavy atom. The summed E-state index contributed by atoms with van der Waals surface area (Å²) in [4.78, 5) is 31.7. The molecule has 2 aliphatic rings. The van der Waals surface area contributed by atoms with Crippen LogP contribution in [0, 0.1) is 0 Å². The molecule has 1 saturated heterocycles. The SMILES string of the molecule is C/C(Cl)=C/CN1C(N/N=C\c2ccccc2O)=NC2C1C(=O)NC(=O)N2C. The smallest absolute Gasteiger partial charge is 0.325 e. The van der Waals surface area contributed by atoms with E-state index in [1.807, 2.05) is 0 Å². The molecule has 142 valence electrons. The third kappa shape index (κ3) is 3.87. The summed E-state index contributed by atoms with van der Waals surface area (Å²) in [6.07, 6.45) is 2.51. The van der Waals surface area contributed by atoms with Gasteiger partial charge in [0.25, 0.3) is 5.91 Å². The number of amides is 3. The van der Waals surface area contributed by atoms with Gasteiger partial charge in [-0.15, -0.1) is 0 Å². The molecule has 0 aliphatic carbocycles. The fourth-order valence-electron chi connectivity index (χ4n) is 2.80. The highest BCUT2D eigenvalue weighted by atomic mass is 35.5. The topological polar surface area (TPSA) is 110 Å². The van der Waals surface area contributed by atoms with Crippen LogP contribution in [0.5, 0.6) is 5.75 Å². The molecule has 3 N–H and O–H groups in total. The number of guanidine groups is 1. The number of phenolic OH excluding ortho intramolecular Hbond substituents is 1. The average Bonchev–Trinajstić information content (AvgIpc) is 2.99. The monoisotopic (exact) mass is 390 g/mol. The minimum atomic E-state index is -0.692. The van der Waals surface area contributed by atoms with Crippen LogP contribution in [0.3, 0.4) is 0 Å². The number of aromatic hydroxyl groups is 1. The van der Waals surface area contributed by atoms with Gasteiger partial charge in [-0.25, -0.2) is 15.2 Å². The van der Waals surface area contributed by atoms with Gasteiger partial charge in [0.05, 0.1) is 6.21 Å². The van der Waals surface area contributed by atoms with Crippen LogP contribution in [0.2, 0.25) is 0 Å². The van der Waals surface area contributed by atoms with Gasteiger partial charge in [0.15, 0.2) is 12.2 Å². The number of hydrazone groups is 1. The van der Waals surface area contributed by atoms with E-state index in [-0.39, 0.29) is 5.75 Å². The zero-order valence-corrected chi connectivity index (χ0v) is 15.5. The molecule has 2 atom stereocenters. The summed E-state index contributed by atoms with van der Waals surface area (Å²) in [5.74, 6) is -0.0242. The third-order valence-corrected chi connectivity index (χ3v) is 4.39. The van der Waals surface area contributed by atoms with Gasteiger partial charge in [0.2, 0.25) is 5.96 Å². The van der Waals surface area contributed by atoms with Crippen molar-refractivity contribution in [1.29, 1.82) is 0 Å². The van der Waals surface area contributed by atoms with Crippen molar-refractivity contribution in [3.63, 3.8) is 0 Å². The predicted octanol–water partition coefficient (Wildman–Crippen LogP) is 1.01. The lowest BCUT2D eigenvalue weighted by atomic mass is 10.1. The quantitative estimate of drug-likeness (QED) is 0.525. The maximum Gasteiger partial charge on any atom is 0.325 e. The summed E-state index contributed by atoms with van der Waals surface area (Å²) in [6.45, 7) is 2.04. The number of nitrogens with one attached hydrogen (secondary N) is 2. The molecule has 2 aliphatic heterocycles. The Balaban J connectivity index is 1.84. The van der Waals surface area contributed by atoms with Crippen LogP contribution in [-0.4, -0.2) is 64.8 Å². The third-order valence-electron chi connectivity index (χ3n) is 4.23. The number of nitrogens with zero attached hydrogens (tertiary/aromatic N) is 4. The van der Waals surface area contributed by atoms with Crippen LogP contribution < -0.4 is 10.7 Å². The number of imide groups is 1. The standard InChI is InChI=1S/C17H19ClN6O3/c1-10(18)7-8-24-13-14(23(2)17(27)21-15(13)26)20-16(24)22-19-9-11-5-3-4-6-12(11)25/h3-7,9,13-14,25H,8H2,1-2H3,(H,20,22)(H,21,26,27)/b10-7-,19-9-. The number of hydrogen-bond donors (Lipinski definition) is 3. The van der Waals surface area contributed by atoms with Crippen molar-refractivity contribution < 1.29 is 14.7 Å². The molecule has 0 bridgehead atoms. The molecule has 0 spiro atoms. The highest BCUT2D eigenvalue weighted by Crippen LogP contribution is 2.23. The number of fused-ring (bicyclic) bond motifs is 1. The van der Waals surface area contributed by atoms with E-state index in [9.17, 15) is 14.7 Å². The molecule has 1 aromatic carbocycles. The van der Waals surface area contributed by atoms with Gasteiger partial charge >= 0.3 is 6.03 Å². The lowest BCUT2D eigenvalue weighted by Crippen LogP contribution is -2.64. The number of phenols is 1. The maximum absolute atomic E-state index is 12.3. The molecule has 0 radical (unpaired) electrons. The molecule has 3 amide bonds. The first-order valence-electron chi connectivity index (χ1n) is 8.20. The maximum atomic E-state index is 12.3. The normalized spacial score (nSPS) is 22.8. The Kier molecular flexibility index (Phi) is 5.31. The Labute approximate surface area is 161 Å². The number of para-hydroxylation sites is 1. The highest BCUT2D eigenvalue weighted by molar-refractivity contribution is 6.29. The molecule has 2 heterocycles. The van der Waals surface area contributed by atoms with E-state index in [1.54, 1.807) is 49.2 Å². The number of rotatable bonds is 4. The fourth-order valence-corrected chi connectivity index (χ4v) is 2.87. The lowest BCUT2D eigenvalue weighted by molar-refractivity contribution is -0.126. The number of benzene rings is 1. The summed E-state index contributed by atoms with van der Waals surface area (Å²) < 4.78 is 0. The highest BCUT2D eigenvalue weighted by Gasteiger charge is 2.48. The van der Waals surface area contributed by atoms with E-state index in [0.717, 1.165) is 0 Å². The van der Waals surface area contributed by atoms with E-state index >= 15 is 0 Å². The summed E-state index contributed by atoms with van der Waals surface area (Å²) in [7, 11) is 1.57. The van der Waals surface area contributed by atoms with E-state index < -0.39 is 24.1 Å². The first-order chi connectivity index (χ1) is 12.9. The van der Waals surface area contributed by atoms with Crippen molar-refractivity contribution in [2.24, 2.45) is 10.1 Å². The lowest BCUT2D eigenvalue weighted by Gasteiger charge is -2.35. The van der Waals surface area contributed by atoms with E-state index in [4.69, 9.17) is 11.6 Å². The van der Waals surface area contributed by atoms with Gasteiger partial charge in [-0.2, -0.15) is 5.10 Å². The molecule has 1 fully saturated rings. The zero-order chi connectivity index (χ0) is 19.6. The first-order valence-corrected chi connectivity index (χ1v) is 8.57. The van der Waals surface area contributed by atoms with E-state index in [1.165, 1.54) is 11.1 Å². The molecule has 10 heteroatoms. The Morgan fingerprint density at radius 2 is 2.19 bits per heavy atom. The van der Waals surface area contributed by atoms with Gasteiger partial charge in [0.1, 0.15) is 5.75 Å². The number of allylic oxidation sites excluding steroid dienone is 1. The van der Waals surface area contributed by atoms with Crippen molar-refractivity contribution in [2.45, 2.75) is 19.1 Å². The second kappa shape index (κ2) is 7.67. The molecule has 0 aromatic heterocycles. The molecule has 2 unspecified atom stereocenters. The summed E-state index contributed by atoms with van der Waals surface area (Å²) in [6, 6.07) is 5.53. The summed E-state index contributed by atoms with van der Waals surface area (Å²) in [5, 5.41) is 16.8. The Bertz CT molecular complexity index is 849. The summed E-state index contributed by atoms with van der Waals surface area (Å²) in [5.41, 5.74) is 3.31. The number of aliphatic imine (C=N–C) groups is 1. The van der Waals surface area contributed by atoms with Crippen LogP contribution in [0.1, 0.15) is 12.5 Å². The minimum absolute atomic E-state index is 0.0901. The predicted molar refractivity (Wildman–Crippen MR) is 101 cm³/mol. The zero-order valence-electron chi connectivity index (χ0n) is 14.8.